The molecule has 0 aliphatic rings. The fraction of sp³-hybridized carbons (Fsp3) is 0.300. The van der Waals surface area contributed by atoms with Crippen molar-refractivity contribution < 1.29 is 14.6 Å². The molecule has 4 nitrogen and oxygen atoms in total. The van der Waals surface area contributed by atoms with Gasteiger partial charge in [-0.15, -0.1) is 0 Å². The molecule has 15 heavy (non-hydrogen) atoms. The van der Waals surface area contributed by atoms with E-state index >= 15 is 0 Å². The van der Waals surface area contributed by atoms with Gasteiger partial charge in [-0.25, -0.2) is 4.79 Å². The molecule has 5 heteroatoms. The van der Waals surface area contributed by atoms with Crippen molar-refractivity contribution in [3.05, 3.63) is 28.8 Å². The number of carboxylic acids is 1. The molecule has 1 rings (SSSR count). The van der Waals surface area contributed by atoms with Gasteiger partial charge in [-0.05, 0) is 37.6 Å². The zero-order valence-corrected chi connectivity index (χ0v) is 9.71. The van der Waals surface area contributed by atoms with E-state index in [9.17, 15) is 4.79 Å². The number of carbonyl (C=O) groups is 1. The lowest BCUT2D eigenvalue weighted by atomic mass is 10.2. The average Bonchev–Trinajstić information content (AvgIpc) is 2.09. The summed E-state index contributed by atoms with van der Waals surface area (Å²) >= 11 is 5.74. The van der Waals surface area contributed by atoms with Crippen LogP contribution in [0, 0.1) is 6.92 Å². The van der Waals surface area contributed by atoms with Crippen LogP contribution in [0.3, 0.4) is 0 Å². The Morgan fingerprint density at radius 2 is 2.13 bits per heavy atom. The topological polar surface area (TPSA) is 83.0 Å². The SMILES string of the molecule is Cc1cc(Cl)ccc1OC(C)C(=O)O.[NH4+]. The van der Waals surface area contributed by atoms with Crippen molar-refractivity contribution in [1.29, 1.82) is 0 Å². The molecule has 0 saturated heterocycles. The van der Waals surface area contributed by atoms with E-state index in [1.54, 1.807) is 18.2 Å². The smallest absolute Gasteiger partial charge is 0.344 e. The molecule has 84 valence electrons. The molecule has 0 bridgehead atoms. The van der Waals surface area contributed by atoms with Crippen LogP contribution in [-0.2, 0) is 4.79 Å². The summed E-state index contributed by atoms with van der Waals surface area (Å²) in [6.07, 6.45) is -0.852. The second-order valence-electron chi connectivity index (χ2n) is 3.01. The summed E-state index contributed by atoms with van der Waals surface area (Å²) in [7, 11) is 0. The van der Waals surface area contributed by atoms with Crippen molar-refractivity contribution in [2.45, 2.75) is 20.0 Å². The number of benzene rings is 1. The van der Waals surface area contributed by atoms with Crippen LogP contribution in [-0.4, -0.2) is 17.2 Å². The summed E-state index contributed by atoms with van der Waals surface area (Å²) in [5, 5.41) is 9.25. The van der Waals surface area contributed by atoms with Gasteiger partial charge in [-0.2, -0.15) is 0 Å². The zero-order chi connectivity index (χ0) is 10.7. The van der Waals surface area contributed by atoms with Gasteiger partial charge < -0.3 is 16.0 Å². The van der Waals surface area contributed by atoms with E-state index in [1.165, 1.54) is 6.92 Å². The van der Waals surface area contributed by atoms with Crippen molar-refractivity contribution in [3.63, 3.8) is 0 Å². The first-order chi connectivity index (χ1) is 6.50. The Labute approximate surface area is 93.4 Å². The Bertz CT molecular complexity index is 355. The van der Waals surface area contributed by atoms with Crippen LogP contribution in [0.4, 0.5) is 0 Å². The average molecular weight is 233 g/mol. The van der Waals surface area contributed by atoms with Gasteiger partial charge in [-0.3, -0.25) is 0 Å². The number of aryl methyl sites for hydroxylation is 1. The third-order valence-electron chi connectivity index (χ3n) is 1.79. The number of aliphatic carboxylic acids is 1. The molecule has 1 aromatic rings. The van der Waals surface area contributed by atoms with E-state index in [4.69, 9.17) is 21.4 Å². The second kappa shape index (κ2) is 5.58. The van der Waals surface area contributed by atoms with E-state index in [2.05, 4.69) is 0 Å². The molecule has 0 aliphatic carbocycles. The van der Waals surface area contributed by atoms with Gasteiger partial charge in [0, 0.05) is 5.02 Å². The Morgan fingerprint density at radius 3 is 2.60 bits per heavy atom. The number of rotatable bonds is 3. The summed E-state index contributed by atoms with van der Waals surface area (Å²) in [6.45, 7) is 3.30. The molecular formula is C10H15ClNO3+. The maximum absolute atomic E-state index is 10.5. The Balaban J connectivity index is 0.00000196. The second-order valence-corrected chi connectivity index (χ2v) is 3.44. The molecule has 0 fully saturated rings. The van der Waals surface area contributed by atoms with Crippen LogP contribution in [0.25, 0.3) is 0 Å². The summed E-state index contributed by atoms with van der Waals surface area (Å²) in [5.74, 6) is -0.441. The number of hydrogen-bond donors (Lipinski definition) is 2. The normalized spacial score (nSPS) is 11.4. The maximum atomic E-state index is 10.5. The molecule has 0 amide bonds. The highest BCUT2D eigenvalue weighted by molar-refractivity contribution is 6.30. The molecule has 0 saturated carbocycles. The molecule has 1 unspecified atom stereocenters. The van der Waals surface area contributed by atoms with Crippen molar-refractivity contribution in [2.24, 2.45) is 0 Å². The van der Waals surface area contributed by atoms with E-state index in [0.717, 1.165) is 5.56 Å². The third kappa shape index (κ3) is 3.77. The summed E-state index contributed by atoms with van der Waals surface area (Å²) in [5.41, 5.74) is 0.825. The van der Waals surface area contributed by atoms with Crippen LogP contribution in [0.15, 0.2) is 18.2 Å². The van der Waals surface area contributed by atoms with Crippen LogP contribution in [0.1, 0.15) is 12.5 Å². The van der Waals surface area contributed by atoms with E-state index in [-0.39, 0.29) is 6.15 Å². The first-order valence-electron chi connectivity index (χ1n) is 4.16. The minimum atomic E-state index is -0.987. The standard InChI is InChI=1S/C10H11ClO3.H3N/c1-6-5-8(11)3-4-9(6)14-7(2)10(12)13;/h3-5,7H,1-2H3,(H,12,13);1H3/p+1. The number of halogens is 1. The third-order valence-corrected chi connectivity index (χ3v) is 2.02. The highest BCUT2D eigenvalue weighted by Gasteiger charge is 2.13. The van der Waals surface area contributed by atoms with Crippen LogP contribution >= 0.6 is 11.6 Å². The molecular weight excluding hydrogens is 218 g/mol. The highest BCUT2D eigenvalue weighted by atomic mass is 35.5. The Hall–Kier alpha value is -1.26. The van der Waals surface area contributed by atoms with Crippen LogP contribution < -0.4 is 10.9 Å². The van der Waals surface area contributed by atoms with Gasteiger partial charge in [0.1, 0.15) is 5.75 Å². The predicted octanol–water partition coefficient (Wildman–Crippen LogP) is 2.88. The fourth-order valence-corrected chi connectivity index (χ4v) is 1.21. The van der Waals surface area contributed by atoms with Crippen molar-refractivity contribution >= 4 is 17.6 Å². The van der Waals surface area contributed by atoms with Gasteiger partial charge >= 0.3 is 5.97 Å². The van der Waals surface area contributed by atoms with Gasteiger partial charge in [-0.1, -0.05) is 11.6 Å². The van der Waals surface area contributed by atoms with Crippen molar-refractivity contribution in [1.82, 2.24) is 6.15 Å². The van der Waals surface area contributed by atoms with Gasteiger partial charge in [0.2, 0.25) is 0 Å². The molecule has 0 aliphatic heterocycles. The minimum absolute atomic E-state index is 0. The van der Waals surface area contributed by atoms with Gasteiger partial charge in [0.25, 0.3) is 0 Å². The van der Waals surface area contributed by atoms with Crippen LogP contribution in [0.5, 0.6) is 5.75 Å². The first kappa shape index (κ1) is 13.7. The quantitative estimate of drug-likeness (QED) is 0.841. The number of carboxylic acid groups (broad SMARTS) is 1. The van der Waals surface area contributed by atoms with Crippen LogP contribution in [0.2, 0.25) is 5.02 Å². The fourth-order valence-electron chi connectivity index (χ4n) is 0.986. The highest BCUT2D eigenvalue weighted by Crippen LogP contribution is 2.22. The Morgan fingerprint density at radius 1 is 1.53 bits per heavy atom. The molecule has 0 heterocycles. The maximum Gasteiger partial charge on any atom is 0.344 e. The van der Waals surface area contributed by atoms with Gasteiger partial charge in [0.15, 0.2) is 6.10 Å². The number of quaternary nitrogens is 1. The number of ether oxygens (including phenoxy) is 1. The Kier molecular flexibility index (Phi) is 5.11. The molecule has 1 aromatic carbocycles. The summed E-state index contributed by atoms with van der Waals surface area (Å²) in [4.78, 5) is 10.5. The lowest BCUT2D eigenvalue weighted by molar-refractivity contribution is -0.144. The minimum Gasteiger partial charge on any atom is -0.479 e. The lowest BCUT2D eigenvalue weighted by Crippen LogP contribution is -2.23. The molecule has 1 atom stereocenters. The summed E-state index contributed by atoms with van der Waals surface area (Å²) in [6, 6.07) is 5.06. The van der Waals surface area contributed by atoms with Gasteiger partial charge in [0.05, 0.1) is 0 Å². The molecule has 0 spiro atoms. The van der Waals surface area contributed by atoms with E-state index in [1.807, 2.05) is 6.92 Å². The largest absolute Gasteiger partial charge is 0.479 e. The first-order valence-corrected chi connectivity index (χ1v) is 4.54. The molecule has 0 aromatic heterocycles. The lowest BCUT2D eigenvalue weighted by Gasteiger charge is -2.12. The van der Waals surface area contributed by atoms with Crippen molar-refractivity contribution in [2.75, 3.05) is 0 Å². The number of hydrogen-bond acceptors (Lipinski definition) is 2. The zero-order valence-electron chi connectivity index (χ0n) is 8.95. The predicted molar refractivity (Wildman–Crippen MR) is 59.9 cm³/mol. The van der Waals surface area contributed by atoms with E-state index in [0.29, 0.717) is 10.8 Å². The molecule has 0 radical (unpaired) electrons. The summed E-state index contributed by atoms with van der Waals surface area (Å²) < 4.78 is 5.20. The van der Waals surface area contributed by atoms with E-state index < -0.39 is 12.1 Å². The molecule has 5 N–H and O–H groups in total. The van der Waals surface area contributed by atoms with Crippen molar-refractivity contribution in [3.8, 4) is 5.75 Å². The monoisotopic (exact) mass is 232 g/mol.